The van der Waals surface area contributed by atoms with Crippen molar-refractivity contribution in [3.05, 3.63) is 54.2 Å². The van der Waals surface area contributed by atoms with Crippen LogP contribution < -0.4 is 10.6 Å². The van der Waals surface area contributed by atoms with E-state index < -0.39 is 0 Å². The van der Waals surface area contributed by atoms with Gasteiger partial charge >= 0.3 is 0 Å². The number of hydrogen-bond donors (Lipinski definition) is 2. The van der Waals surface area contributed by atoms with Crippen LogP contribution >= 0.6 is 11.8 Å². The summed E-state index contributed by atoms with van der Waals surface area (Å²) in [5.41, 5.74) is 1.42. The zero-order valence-corrected chi connectivity index (χ0v) is 19.7. The van der Waals surface area contributed by atoms with E-state index in [1.54, 1.807) is 18.0 Å². The molecule has 0 aliphatic rings. The highest BCUT2D eigenvalue weighted by molar-refractivity contribution is 7.99. The lowest BCUT2D eigenvalue weighted by Crippen LogP contribution is -2.27. The van der Waals surface area contributed by atoms with E-state index >= 15 is 0 Å². The second kappa shape index (κ2) is 11.1. The van der Waals surface area contributed by atoms with E-state index in [0.717, 1.165) is 33.4 Å². The maximum atomic E-state index is 12.8. The minimum Gasteiger partial charge on any atom is -0.380 e. The molecule has 0 unspecified atom stereocenters. The van der Waals surface area contributed by atoms with Crippen molar-refractivity contribution in [2.24, 2.45) is 0 Å². The molecule has 4 aromatic rings. The number of aromatic nitrogens is 4. The van der Waals surface area contributed by atoms with Crippen LogP contribution in [-0.2, 0) is 11.3 Å². The molecule has 2 aromatic carbocycles. The number of anilines is 1. The number of nitrogens with zero attached hydrogens (tertiary/aromatic N) is 4. The molecule has 0 spiro atoms. The first kappa shape index (κ1) is 23.0. The van der Waals surface area contributed by atoms with Crippen molar-refractivity contribution in [3.8, 4) is 0 Å². The maximum Gasteiger partial charge on any atom is 0.251 e. The molecule has 0 atom stereocenters. The molecule has 0 saturated carbocycles. The topological polar surface area (TPSA) is 94.0 Å². The SMILES string of the molecule is CCOCCNc1nc(SCC)nc2c1cnn2CCNC(=O)c1cccc2ccccc12. The largest absolute Gasteiger partial charge is 0.380 e. The number of amides is 1. The molecule has 4 rings (SSSR count). The van der Waals surface area contributed by atoms with E-state index in [4.69, 9.17) is 9.72 Å². The summed E-state index contributed by atoms with van der Waals surface area (Å²) >= 11 is 1.58. The minimum absolute atomic E-state index is 0.0987. The van der Waals surface area contributed by atoms with Gasteiger partial charge in [0.15, 0.2) is 10.8 Å². The predicted octanol–water partition coefficient (Wildman–Crippen LogP) is 3.97. The molecule has 2 aromatic heterocycles. The number of nitrogens with one attached hydrogen (secondary N) is 2. The molecule has 0 radical (unpaired) electrons. The van der Waals surface area contributed by atoms with Crippen LogP contribution in [0.3, 0.4) is 0 Å². The highest BCUT2D eigenvalue weighted by Crippen LogP contribution is 2.24. The zero-order valence-electron chi connectivity index (χ0n) is 18.9. The van der Waals surface area contributed by atoms with Crippen molar-refractivity contribution in [3.63, 3.8) is 0 Å². The van der Waals surface area contributed by atoms with E-state index in [0.29, 0.717) is 43.6 Å². The molecule has 0 aliphatic heterocycles. The Morgan fingerprint density at radius 2 is 1.91 bits per heavy atom. The molecular formula is C24H28N6O2S. The fraction of sp³-hybridized carbons (Fsp3) is 0.333. The number of rotatable bonds is 11. The van der Waals surface area contributed by atoms with E-state index in [9.17, 15) is 4.79 Å². The van der Waals surface area contributed by atoms with Crippen LogP contribution in [0.4, 0.5) is 5.82 Å². The van der Waals surface area contributed by atoms with Crippen LogP contribution in [0.1, 0.15) is 24.2 Å². The minimum atomic E-state index is -0.0987. The molecule has 9 heteroatoms. The van der Waals surface area contributed by atoms with Gasteiger partial charge in [0.05, 0.1) is 24.7 Å². The molecule has 2 N–H and O–H groups in total. The molecule has 0 bridgehead atoms. The Hall–Kier alpha value is -3.17. The summed E-state index contributed by atoms with van der Waals surface area (Å²) in [6.45, 7) is 6.93. The Morgan fingerprint density at radius 1 is 1.06 bits per heavy atom. The Kier molecular flexibility index (Phi) is 7.74. The van der Waals surface area contributed by atoms with Gasteiger partial charge in [-0.25, -0.2) is 14.6 Å². The van der Waals surface area contributed by atoms with Gasteiger partial charge in [0.1, 0.15) is 5.82 Å². The quantitative estimate of drug-likeness (QED) is 0.197. The van der Waals surface area contributed by atoms with Gasteiger partial charge in [0.25, 0.3) is 5.91 Å². The predicted molar refractivity (Wildman–Crippen MR) is 133 cm³/mol. The third-order valence-corrected chi connectivity index (χ3v) is 5.87. The van der Waals surface area contributed by atoms with E-state index in [-0.39, 0.29) is 5.91 Å². The highest BCUT2D eigenvalue weighted by atomic mass is 32.2. The van der Waals surface area contributed by atoms with Crippen LogP contribution in [0.15, 0.2) is 53.8 Å². The Balaban J connectivity index is 1.48. The van der Waals surface area contributed by atoms with Gasteiger partial charge in [-0.1, -0.05) is 55.1 Å². The van der Waals surface area contributed by atoms with E-state index in [1.165, 1.54) is 0 Å². The Bertz CT molecular complexity index is 1240. The molecule has 8 nitrogen and oxygen atoms in total. The van der Waals surface area contributed by atoms with Gasteiger partial charge in [0, 0.05) is 25.3 Å². The third kappa shape index (κ3) is 5.43. The smallest absolute Gasteiger partial charge is 0.251 e. The summed E-state index contributed by atoms with van der Waals surface area (Å²) in [5, 5.41) is 14.4. The van der Waals surface area contributed by atoms with Gasteiger partial charge in [-0.15, -0.1) is 0 Å². The highest BCUT2D eigenvalue weighted by Gasteiger charge is 2.14. The first-order valence-corrected chi connectivity index (χ1v) is 12.1. The lowest BCUT2D eigenvalue weighted by Gasteiger charge is -2.10. The monoisotopic (exact) mass is 464 g/mol. The summed E-state index contributed by atoms with van der Waals surface area (Å²) in [6, 6.07) is 13.7. The summed E-state index contributed by atoms with van der Waals surface area (Å²) < 4.78 is 7.23. The van der Waals surface area contributed by atoms with Gasteiger partial charge < -0.3 is 15.4 Å². The lowest BCUT2D eigenvalue weighted by molar-refractivity contribution is 0.0953. The number of benzene rings is 2. The zero-order chi connectivity index (χ0) is 23.0. The summed E-state index contributed by atoms with van der Waals surface area (Å²) in [7, 11) is 0. The normalized spacial score (nSPS) is 11.2. The first-order valence-electron chi connectivity index (χ1n) is 11.1. The average molecular weight is 465 g/mol. The number of hydrogen-bond acceptors (Lipinski definition) is 7. The Labute approximate surface area is 197 Å². The van der Waals surface area contributed by atoms with Crippen LogP contribution in [-0.4, -0.2) is 57.7 Å². The van der Waals surface area contributed by atoms with Crippen molar-refractivity contribution >= 4 is 45.3 Å². The van der Waals surface area contributed by atoms with Crippen molar-refractivity contribution in [2.75, 3.05) is 37.4 Å². The van der Waals surface area contributed by atoms with E-state index in [2.05, 4.69) is 27.6 Å². The molecule has 172 valence electrons. The van der Waals surface area contributed by atoms with Gasteiger partial charge in [-0.05, 0) is 29.5 Å². The van der Waals surface area contributed by atoms with Gasteiger partial charge in [0.2, 0.25) is 0 Å². The molecule has 0 aliphatic carbocycles. The fourth-order valence-corrected chi connectivity index (χ4v) is 4.17. The number of thioether (sulfide) groups is 1. The molecule has 33 heavy (non-hydrogen) atoms. The lowest BCUT2D eigenvalue weighted by atomic mass is 10.0. The Morgan fingerprint density at radius 3 is 2.76 bits per heavy atom. The van der Waals surface area contributed by atoms with Gasteiger partial charge in [-0.2, -0.15) is 5.10 Å². The molecule has 1 amide bonds. The summed E-state index contributed by atoms with van der Waals surface area (Å²) in [4.78, 5) is 22.2. The number of carbonyl (C=O) groups excluding carboxylic acids is 1. The van der Waals surface area contributed by atoms with Gasteiger partial charge in [-0.3, -0.25) is 4.79 Å². The number of fused-ring (bicyclic) bond motifs is 2. The van der Waals surface area contributed by atoms with Crippen molar-refractivity contribution in [1.29, 1.82) is 0 Å². The van der Waals surface area contributed by atoms with Crippen LogP contribution in [0.2, 0.25) is 0 Å². The van der Waals surface area contributed by atoms with Crippen LogP contribution in [0.5, 0.6) is 0 Å². The number of carbonyl (C=O) groups is 1. The molecule has 2 heterocycles. The third-order valence-electron chi connectivity index (χ3n) is 5.14. The second-order valence-corrected chi connectivity index (χ2v) is 8.53. The number of ether oxygens (including phenoxy) is 1. The van der Waals surface area contributed by atoms with Crippen LogP contribution in [0.25, 0.3) is 21.8 Å². The van der Waals surface area contributed by atoms with Crippen molar-refractivity contribution in [1.82, 2.24) is 25.1 Å². The maximum absolute atomic E-state index is 12.8. The molecule has 0 fully saturated rings. The first-order chi connectivity index (χ1) is 16.2. The fourth-order valence-electron chi connectivity index (χ4n) is 3.61. The van der Waals surface area contributed by atoms with Crippen molar-refractivity contribution in [2.45, 2.75) is 25.5 Å². The summed E-state index contributed by atoms with van der Waals surface area (Å²) in [6.07, 6.45) is 1.77. The van der Waals surface area contributed by atoms with E-state index in [1.807, 2.05) is 54.1 Å². The second-order valence-electron chi connectivity index (χ2n) is 7.30. The standard InChI is InChI=1S/C24H28N6O2S/c1-3-32-15-13-25-21-20-16-27-30(22(20)29-24(28-21)33-4-2)14-12-26-23(31)19-11-7-9-17-8-5-6-10-18(17)19/h5-11,16H,3-4,12-15H2,1-2H3,(H,26,31)(H,25,28,29). The molecular weight excluding hydrogens is 436 g/mol. The summed E-state index contributed by atoms with van der Waals surface area (Å²) in [5.74, 6) is 1.53. The van der Waals surface area contributed by atoms with Crippen LogP contribution in [0, 0.1) is 0 Å². The molecule has 0 saturated heterocycles. The van der Waals surface area contributed by atoms with Crippen molar-refractivity contribution < 1.29 is 9.53 Å². The average Bonchev–Trinajstić information content (AvgIpc) is 3.24.